The maximum absolute atomic E-state index is 10.8. The lowest BCUT2D eigenvalue weighted by atomic mass is 10.2. The van der Waals surface area contributed by atoms with Gasteiger partial charge < -0.3 is 19.9 Å². The molecule has 1 aromatic carbocycles. The molecule has 7 nitrogen and oxygen atoms in total. The fraction of sp³-hybridized carbons (Fsp3) is 0.353. The van der Waals surface area contributed by atoms with E-state index in [1.807, 2.05) is 30.3 Å². The van der Waals surface area contributed by atoms with Crippen molar-refractivity contribution in [1.29, 1.82) is 0 Å². The summed E-state index contributed by atoms with van der Waals surface area (Å²) in [4.78, 5) is 23.6. The average Bonchev–Trinajstić information content (AvgIpc) is 2.67. The smallest absolute Gasteiger partial charge is 0.227 e. The fourth-order valence-corrected chi connectivity index (χ4v) is 2.66. The lowest BCUT2D eigenvalue weighted by molar-refractivity contribution is -0.118. The van der Waals surface area contributed by atoms with Gasteiger partial charge in [-0.1, -0.05) is 18.2 Å². The van der Waals surface area contributed by atoms with Crippen LogP contribution in [0.3, 0.4) is 0 Å². The number of nitrogens with one attached hydrogen (secondary N) is 1. The maximum Gasteiger partial charge on any atom is 0.227 e. The highest BCUT2D eigenvalue weighted by Crippen LogP contribution is 2.19. The van der Waals surface area contributed by atoms with Gasteiger partial charge in [0, 0.05) is 44.5 Å². The summed E-state index contributed by atoms with van der Waals surface area (Å²) in [5, 5.41) is 3.31. The highest BCUT2D eigenvalue weighted by Gasteiger charge is 2.17. The molecule has 7 heteroatoms. The first kappa shape index (κ1) is 16.0. The molecule has 3 rings (SSSR count). The Bertz CT molecular complexity index is 686. The van der Waals surface area contributed by atoms with Crippen LogP contribution in [0.1, 0.15) is 5.56 Å². The number of hydrogen-bond donors (Lipinski definition) is 1. The molecule has 0 unspecified atom stereocenters. The molecule has 24 heavy (non-hydrogen) atoms. The minimum atomic E-state index is 0.624. The van der Waals surface area contributed by atoms with Gasteiger partial charge >= 0.3 is 0 Å². The van der Waals surface area contributed by atoms with Gasteiger partial charge in [0.2, 0.25) is 12.4 Å². The number of benzene rings is 1. The molecule has 126 valence electrons. The molecular weight excluding hydrogens is 306 g/mol. The minimum Gasteiger partial charge on any atom is -0.496 e. The Hall–Kier alpha value is -2.83. The standard InChI is InChI=1S/C17H21N5O2/c1-24-15-5-3-2-4-14(15)12-19-16-6-7-18-17(20-16)22-10-8-21(13-23)9-11-22/h2-7,13H,8-12H2,1H3,(H,18,19,20). The Morgan fingerprint density at radius 2 is 2.00 bits per heavy atom. The van der Waals surface area contributed by atoms with Gasteiger partial charge in [-0.05, 0) is 12.1 Å². The van der Waals surface area contributed by atoms with Crippen LogP contribution in [0, 0.1) is 0 Å². The third kappa shape index (κ3) is 3.73. The van der Waals surface area contributed by atoms with Crippen molar-refractivity contribution in [3.05, 3.63) is 42.1 Å². The average molecular weight is 327 g/mol. The van der Waals surface area contributed by atoms with Crippen molar-refractivity contribution in [3.63, 3.8) is 0 Å². The van der Waals surface area contributed by atoms with Gasteiger partial charge in [0.05, 0.1) is 7.11 Å². The number of nitrogens with zero attached hydrogens (tertiary/aromatic N) is 4. The Morgan fingerprint density at radius 3 is 2.75 bits per heavy atom. The number of carbonyl (C=O) groups is 1. The number of aromatic nitrogens is 2. The summed E-state index contributed by atoms with van der Waals surface area (Å²) in [5.74, 6) is 2.30. The topological polar surface area (TPSA) is 70.6 Å². The zero-order valence-electron chi connectivity index (χ0n) is 13.7. The first-order valence-corrected chi connectivity index (χ1v) is 7.93. The third-order valence-electron chi connectivity index (χ3n) is 4.04. The number of methoxy groups -OCH3 is 1. The van der Waals surface area contributed by atoms with Crippen LogP contribution in [0.4, 0.5) is 11.8 Å². The SMILES string of the molecule is COc1ccccc1CNc1ccnc(N2CCN(C=O)CC2)n1. The number of hydrogen-bond acceptors (Lipinski definition) is 6. The van der Waals surface area contributed by atoms with Gasteiger partial charge in [-0.3, -0.25) is 4.79 Å². The van der Waals surface area contributed by atoms with Crippen LogP contribution < -0.4 is 15.0 Å². The van der Waals surface area contributed by atoms with E-state index < -0.39 is 0 Å². The molecule has 1 aromatic heterocycles. The molecule has 1 saturated heterocycles. The van der Waals surface area contributed by atoms with Crippen molar-refractivity contribution in [2.45, 2.75) is 6.54 Å². The van der Waals surface area contributed by atoms with Crippen LogP contribution in [0.15, 0.2) is 36.5 Å². The molecule has 0 spiro atoms. The van der Waals surface area contributed by atoms with Crippen LogP contribution in [0.25, 0.3) is 0 Å². The fourth-order valence-electron chi connectivity index (χ4n) is 2.66. The molecule has 1 N–H and O–H groups in total. The number of amides is 1. The Labute approximate surface area is 141 Å². The van der Waals surface area contributed by atoms with Crippen LogP contribution in [0.5, 0.6) is 5.75 Å². The summed E-state index contributed by atoms with van der Waals surface area (Å²) in [7, 11) is 1.67. The lowest BCUT2D eigenvalue weighted by Gasteiger charge is -2.32. The van der Waals surface area contributed by atoms with Crippen molar-refractivity contribution in [2.75, 3.05) is 43.5 Å². The number of piperazine rings is 1. The van der Waals surface area contributed by atoms with E-state index in [1.54, 1.807) is 18.2 Å². The molecule has 1 aliphatic heterocycles. The van der Waals surface area contributed by atoms with E-state index in [0.29, 0.717) is 25.6 Å². The lowest BCUT2D eigenvalue weighted by Crippen LogP contribution is -2.46. The monoisotopic (exact) mass is 327 g/mol. The molecule has 0 atom stereocenters. The maximum atomic E-state index is 10.8. The van der Waals surface area contributed by atoms with Crippen molar-refractivity contribution in [1.82, 2.24) is 14.9 Å². The molecule has 1 fully saturated rings. The Balaban J connectivity index is 1.64. The van der Waals surface area contributed by atoms with Crippen molar-refractivity contribution in [2.24, 2.45) is 0 Å². The highest BCUT2D eigenvalue weighted by atomic mass is 16.5. The van der Waals surface area contributed by atoms with Crippen molar-refractivity contribution < 1.29 is 9.53 Å². The van der Waals surface area contributed by atoms with Gasteiger partial charge in [0.1, 0.15) is 11.6 Å². The van der Waals surface area contributed by atoms with E-state index in [2.05, 4.69) is 20.2 Å². The first-order chi connectivity index (χ1) is 11.8. The molecule has 1 aliphatic rings. The molecule has 1 amide bonds. The van der Waals surface area contributed by atoms with Crippen LogP contribution >= 0.6 is 0 Å². The summed E-state index contributed by atoms with van der Waals surface area (Å²) < 4.78 is 5.36. The summed E-state index contributed by atoms with van der Waals surface area (Å²) >= 11 is 0. The first-order valence-electron chi connectivity index (χ1n) is 7.93. The van der Waals surface area contributed by atoms with Gasteiger partial charge in [-0.2, -0.15) is 4.98 Å². The van der Waals surface area contributed by atoms with Crippen LogP contribution in [-0.4, -0.2) is 54.6 Å². The Kier molecular flexibility index (Phi) is 5.10. The van der Waals surface area contributed by atoms with E-state index >= 15 is 0 Å². The van der Waals surface area contributed by atoms with E-state index in [4.69, 9.17) is 4.74 Å². The third-order valence-corrected chi connectivity index (χ3v) is 4.04. The number of anilines is 2. The van der Waals surface area contributed by atoms with Gasteiger partial charge in [-0.15, -0.1) is 0 Å². The normalized spacial score (nSPS) is 14.4. The second-order valence-electron chi connectivity index (χ2n) is 5.54. The highest BCUT2D eigenvalue weighted by molar-refractivity contribution is 5.49. The summed E-state index contributed by atoms with van der Waals surface area (Å²) in [6.07, 6.45) is 2.64. The largest absolute Gasteiger partial charge is 0.496 e. The molecule has 2 aromatic rings. The summed E-state index contributed by atoms with van der Waals surface area (Å²) in [6.45, 7) is 3.51. The zero-order chi connectivity index (χ0) is 16.8. The number of carbonyl (C=O) groups excluding carboxylic acids is 1. The van der Waals surface area contributed by atoms with Gasteiger partial charge in [-0.25, -0.2) is 4.98 Å². The number of rotatable bonds is 6. The number of ether oxygens (including phenoxy) is 1. The number of para-hydroxylation sites is 1. The molecular formula is C17H21N5O2. The van der Waals surface area contributed by atoms with E-state index in [-0.39, 0.29) is 0 Å². The second-order valence-corrected chi connectivity index (χ2v) is 5.54. The van der Waals surface area contributed by atoms with Crippen molar-refractivity contribution >= 4 is 18.2 Å². The predicted octanol–water partition coefficient (Wildman–Crippen LogP) is 1.38. The zero-order valence-corrected chi connectivity index (χ0v) is 13.7. The quantitative estimate of drug-likeness (QED) is 0.808. The van der Waals surface area contributed by atoms with E-state index in [9.17, 15) is 4.79 Å². The molecule has 0 saturated carbocycles. The molecule has 0 bridgehead atoms. The van der Waals surface area contributed by atoms with Crippen molar-refractivity contribution in [3.8, 4) is 5.75 Å². The van der Waals surface area contributed by atoms with E-state index in [1.165, 1.54) is 0 Å². The van der Waals surface area contributed by atoms with Crippen LogP contribution in [0.2, 0.25) is 0 Å². The van der Waals surface area contributed by atoms with Crippen LogP contribution in [-0.2, 0) is 11.3 Å². The van der Waals surface area contributed by atoms with E-state index in [0.717, 1.165) is 36.6 Å². The van der Waals surface area contributed by atoms with Gasteiger partial charge in [0.15, 0.2) is 0 Å². The minimum absolute atomic E-state index is 0.624. The molecule has 2 heterocycles. The summed E-state index contributed by atoms with van der Waals surface area (Å²) in [6, 6.07) is 9.74. The summed E-state index contributed by atoms with van der Waals surface area (Å²) in [5.41, 5.74) is 1.07. The predicted molar refractivity (Wildman–Crippen MR) is 92.2 cm³/mol. The Morgan fingerprint density at radius 1 is 1.21 bits per heavy atom. The molecule has 0 aliphatic carbocycles. The van der Waals surface area contributed by atoms with Gasteiger partial charge in [0.25, 0.3) is 0 Å². The second kappa shape index (κ2) is 7.63. The molecule has 0 radical (unpaired) electrons.